The molecule has 1 saturated heterocycles. The highest BCUT2D eigenvalue weighted by molar-refractivity contribution is 5.83. The number of imidazole rings is 1. The molecule has 8 nitrogen and oxygen atoms in total. The summed E-state index contributed by atoms with van der Waals surface area (Å²) in [6.07, 6.45) is -3.30. The first-order valence-electron chi connectivity index (χ1n) is 8.42. The van der Waals surface area contributed by atoms with Crippen LogP contribution in [0.5, 0.6) is 0 Å². The van der Waals surface area contributed by atoms with Gasteiger partial charge in [0.05, 0.1) is 6.33 Å². The maximum absolute atomic E-state index is 13.1. The zero-order valence-corrected chi connectivity index (χ0v) is 14.7. The van der Waals surface area contributed by atoms with Crippen LogP contribution in [0.15, 0.2) is 12.4 Å². The van der Waals surface area contributed by atoms with Gasteiger partial charge in [-0.1, -0.05) is 0 Å². The van der Waals surface area contributed by atoms with Crippen molar-refractivity contribution in [1.82, 2.24) is 29.9 Å². The highest BCUT2D eigenvalue weighted by atomic mass is 19.4. The van der Waals surface area contributed by atoms with Gasteiger partial charge in [-0.2, -0.15) is 13.2 Å². The van der Waals surface area contributed by atoms with E-state index in [0.717, 1.165) is 11.5 Å². The van der Waals surface area contributed by atoms with E-state index in [0.29, 0.717) is 37.5 Å². The Hall–Kier alpha value is -2.98. The zero-order chi connectivity index (χ0) is 19.2. The van der Waals surface area contributed by atoms with Gasteiger partial charge in [-0.25, -0.2) is 24.9 Å². The van der Waals surface area contributed by atoms with E-state index in [9.17, 15) is 13.2 Å². The molecule has 0 spiro atoms. The minimum atomic E-state index is -4.63. The van der Waals surface area contributed by atoms with Crippen molar-refractivity contribution in [2.75, 3.05) is 36.0 Å². The number of nitrogens with zero attached hydrogens (tertiary/aromatic N) is 7. The maximum atomic E-state index is 13.1. The first-order valence-corrected chi connectivity index (χ1v) is 8.42. The van der Waals surface area contributed by atoms with Gasteiger partial charge in [0.15, 0.2) is 11.5 Å². The van der Waals surface area contributed by atoms with E-state index in [4.69, 9.17) is 0 Å². The van der Waals surface area contributed by atoms with Gasteiger partial charge in [0, 0.05) is 37.9 Å². The lowest BCUT2D eigenvalue weighted by molar-refractivity contribution is -0.144. The van der Waals surface area contributed by atoms with Crippen molar-refractivity contribution >= 4 is 22.8 Å². The van der Waals surface area contributed by atoms with E-state index in [1.807, 2.05) is 24.8 Å². The Morgan fingerprint density at radius 1 is 0.963 bits per heavy atom. The van der Waals surface area contributed by atoms with Crippen LogP contribution in [0, 0.1) is 13.8 Å². The van der Waals surface area contributed by atoms with Crippen LogP contribution in [-0.4, -0.2) is 56.1 Å². The molecule has 142 valence electrons. The van der Waals surface area contributed by atoms with Gasteiger partial charge in [0.25, 0.3) is 0 Å². The maximum Gasteiger partial charge on any atom is 0.451 e. The molecule has 3 aromatic heterocycles. The van der Waals surface area contributed by atoms with E-state index < -0.39 is 12.0 Å². The molecule has 0 saturated carbocycles. The number of fused-ring (bicyclic) bond motifs is 1. The molecule has 0 atom stereocenters. The predicted molar refractivity (Wildman–Crippen MR) is 92.6 cm³/mol. The number of aromatic nitrogens is 6. The van der Waals surface area contributed by atoms with E-state index in [1.165, 1.54) is 6.33 Å². The average molecular weight is 378 g/mol. The molecule has 4 rings (SSSR count). The van der Waals surface area contributed by atoms with E-state index in [1.54, 1.807) is 0 Å². The van der Waals surface area contributed by atoms with Crippen molar-refractivity contribution < 1.29 is 13.2 Å². The first-order chi connectivity index (χ1) is 12.8. The monoisotopic (exact) mass is 378 g/mol. The fourth-order valence-corrected chi connectivity index (χ4v) is 3.18. The van der Waals surface area contributed by atoms with Crippen LogP contribution in [0.4, 0.5) is 24.8 Å². The summed E-state index contributed by atoms with van der Waals surface area (Å²) < 4.78 is 39.4. The Morgan fingerprint density at radius 2 is 1.67 bits per heavy atom. The standard InChI is InChI=1S/C16H17F3N8/c1-9-7-11(23-10(2)22-9)26-3-5-27(6-4-26)14-12-13(21-8-20-12)24-15(25-14)16(17,18)19/h7-8H,3-6H2,1-2H3,(H,20,21,24,25). The largest absolute Gasteiger partial charge is 0.451 e. The summed E-state index contributed by atoms with van der Waals surface area (Å²) in [5.41, 5.74) is 1.30. The van der Waals surface area contributed by atoms with Crippen molar-refractivity contribution in [3.05, 3.63) is 29.7 Å². The molecule has 0 amide bonds. The molecular formula is C16H17F3N8. The smallest absolute Gasteiger partial charge is 0.353 e. The van der Waals surface area contributed by atoms with Gasteiger partial charge >= 0.3 is 6.18 Å². The lowest BCUT2D eigenvalue weighted by Crippen LogP contribution is -2.47. The molecule has 0 unspecified atom stereocenters. The predicted octanol–water partition coefficient (Wildman–Crippen LogP) is 2.11. The number of nitrogens with one attached hydrogen (secondary N) is 1. The Kier molecular flexibility index (Phi) is 4.08. The molecule has 3 aromatic rings. The van der Waals surface area contributed by atoms with E-state index >= 15 is 0 Å². The number of piperazine rings is 1. The van der Waals surface area contributed by atoms with Gasteiger partial charge in [-0.15, -0.1) is 0 Å². The topological polar surface area (TPSA) is 86.7 Å². The summed E-state index contributed by atoms with van der Waals surface area (Å²) in [6, 6.07) is 1.90. The van der Waals surface area contributed by atoms with Crippen LogP contribution in [0.1, 0.15) is 17.3 Å². The van der Waals surface area contributed by atoms with Crippen LogP contribution < -0.4 is 9.80 Å². The summed E-state index contributed by atoms with van der Waals surface area (Å²) in [5, 5.41) is 0. The number of anilines is 2. The number of alkyl halides is 3. The molecule has 0 aromatic carbocycles. The molecule has 1 aliphatic rings. The minimum Gasteiger partial charge on any atom is -0.353 e. The summed E-state index contributed by atoms with van der Waals surface area (Å²) in [7, 11) is 0. The number of hydrogen-bond acceptors (Lipinski definition) is 7. The third-order valence-electron chi connectivity index (χ3n) is 4.38. The number of aromatic amines is 1. The SMILES string of the molecule is Cc1cc(N2CCN(c3nc(C(F)(F)F)nc4nc[nH]c34)CC2)nc(C)n1. The van der Waals surface area contributed by atoms with Crippen LogP contribution in [0.3, 0.4) is 0 Å². The number of H-pyrrole nitrogens is 1. The molecule has 4 heterocycles. The highest BCUT2D eigenvalue weighted by Gasteiger charge is 2.37. The van der Waals surface area contributed by atoms with Crippen molar-refractivity contribution in [2.45, 2.75) is 20.0 Å². The highest BCUT2D eigenvalue weighted by Crippen LogP contribution is 2.31. The Morgan fingerprint density at radius 3 is 2.33 bits per heavy atom. The molecule has 0 aliphatic carbocycles. The Bertz CT molecular complexity index is 955. The molecule has 1 N–H and O–H groups in total. The second kappa shape index (κ2) is 6.32. The molecule has 27 heavy (non-hydrogen) atoms. The van der Waals surface area contributed by atoms with Gasteiger partial charge in [0.1, 0.15) is 17.2 Å². The first kappa shape index (κ1) is 17.4. The fraction of sp³-hybridized carbons (Fsp3) is 0.438. The van der Waals surface area contributed by atoms with Crippen LogP contribution >= 0.6 is 0 Å². The third kappa shape index (κ3) is 3.36. The quantitative estimate of drug-likeness (QED) is 0.731. The van der Waals surface area contributed by atoms with Crippen molar-refractivity contribution in [3.63, 3.8) is 0 Å². The van der Waals surface area contributed by atoms with Crippen molar-refractivity contribution in [3.8, 4) is 0 Å². The number of halogens is 3. The van der Waals surface area contributed by atoms with Crippen LogP contribution in [-0.2, 0) is 6.18 Å². The summed E-state index contributed by atoms with van der Waals surface area (Å²) >= 11 is 0. The number of aryl methyl sites for hydroxylation is 2. The number of rotatable bonds is 2. The summed E-state index contributed by atoms with van der Waals surface area (Å²) in [6.45, 7) is 5.97. The Labute approximate surface area is 152 Å². The third-order valence-corrected chi connectivity index (χ3v) is 4.38. The molecule has 0 bridgehead atoms. The van der Waals surface area contributed by atoms with Crippen LogP contribution in [0.2, 0.25) is 0 Å². The molecule has 1 aliphatic heterocycles. The Balaban J connectivity index is 1.60. The van der Waals surface area contributed by atoms with Gasteiger partial charge in [-0.05, 0) is 13.8 Å². The second-order valence-corrected chi connectivity index (χ2v) is 6.36. The minimum absolute atomic E-state index is 0.0109. The van der Waals surface area contributed by atoms with Gasteiger partial charge in [-0.3, -0.25) is 0 Å². The summed E-state index contributed by atoms with van der Waals surface area (Å²) in [4.78, 5) is 26.6. The second-order valence-electron chi connectivity index (χ2n) is 6.36. The summed E-state index contributed by atoms with van der Waals surface area (Å²) in [5.74, 6) is 0.559. The van der Waals surface area contributed by atoms with E-state index in [2.05, 4.69) is 34.8 Å². The zero-order valence-electron chi connectivity index (χ0n) is 14.7. The van der Waals surface area contributed by atoms with Gasteiger partial charge in [0.2, 0.25) is 5.82 Å². The van der Waals surface area contributed by atoms with Crippen LogP contribution in [0.25, 0.3) is 11.2 Å². The normalized spacial score (nSPS) is 15.6. The number of hydrogen-bond donors (Lipinski definition) is 1. The van der Waals surface area contributed by atoms with Gasteiger partial charge < -0.3 is 14.8 Å². The average Bonchev–Trinajstić information content (AvgIpc) is 3.08. The van der Waals surface area contributed by atoms with Crippen molar-refractivity contribution in [1.29, 1.82) is 0 Å². The molecule has 0 radical (unpaired) electrons. The molecule has 1 fully saturated rings. The van der Waals surface area contributed by atoms with E-state index in [-0.39, 0.29) is 11.5 Å². The van der Waals surface area contributed by atoms with Crippen molar-refractivity contribution in [2.24, 2.45) is 0 Å². The molecule has 11 heteroatoms. The fourth-order valence-electron chi connectivity index (χ4n) is 3.18. The lowest BCUT2D eigenvalue weighted by atomic mass is 10.3. The lowest BCUT2D eigenvalue weighted by Gasteiger charge is -2.36. The molecular weight excluding hydrogens is 361 g/mol.